The average Bonchev–Trinajstić information content (AvgIpc) is 2.12. The third kappa shape index (κ3) is 2.34. The normalized spacial score (nSPS) is 11.9. The number of aromatic amines is 2. The molecule has 0 aliphatic heterocycles. The van der Waals surface area contributed by atoms with Crippen molar-refractivity contribution in [2.75, 3.05) is 0 Å². The van der Waals surface area contributed by atoms with E-state index in [0.717, 1.165) is 6.20 Å². The molecule has 0 spiro atoms. The Labute approximate surface area is 63.0 Å². The maximum absolute atomic E-state index is 11.6. The van der Waals surface area contributed by atoms with Gasteiger partial charge in [0.05, 0.1) is 0 Å². The summed E-state index contributed by atoms with van der Waals surface area (Å²) in [5.74, 6) is 0. The number of hydrogen-bond donors (Lipinski definition) is 2. The maximum Gasteiger partial charge on any atom is 0.446 e. The van der Waals surface area contributed by atoms with Gasteiger partial charge in [0.1, 0.15) is 4.90 Å². The minimum atomic E-state index is -4.41. The molecule has 0 aromatic carbocycles. The lowest BCUT2D eigenvalue weighted by Crippen LogP contribution is -2.06. The van der Waals surface area contributed by atoms with Gasteiger partial charge >= 0.3 is 5.51 Å². The van der Waals surface area contributed by atoms with Gasteiger partial charge in [0, 0.05) is 6.20 Å². The van der Waals surface area contributed by atoms with Crippen molar-refractivity contribution in [2.24, 2.45) is 0 Å². The van der Waals surface area contributed by atoms with Gasteiger partial charge in [-0.05, 0) is 11.8 Å². The van der Waals surface area contributed by atoms with Crippen LogP contribution in [0.15, 0.2) is 15.9 Å². The van der Waals surface area contributed by atoms with Crippen LogP contribution in [0, 0.1) is 0 Å². The highest BCUT2D eigenvalue weighted by molar-refractivity contribution is 8.00. The standard InChI is InChI=1S/C4H3F3N2OS/c5-4(6,7)11-2-1-8-9-3(2)10/h1H,(H2,8,9,10). The van der Waals surface area contributed by atoms with E-state index in [2.05, 4.69) is 5.10 Å². The summed E-state index contributed by atoms with van der Waals surface area (Å²) in [6.07, 6.45) is 0.973. The zero-order chi connectivity index (χ0) is 8.48. The largest absolute Gasteiger partial charge is 0.446 e. The Bertz CT molecular complexity index is 288. The lowest BCUT2D eigenvalue weighted by molar-refractivity contribution is -0.0328. The van der Waals surface area contributed by atoms with Crippen molar-refractivity contribution in [3.8, 4) is 0 Å². The first kappa shape index (κ1) is 8.25. The molecule has 0 aliphatic carbocycles. The Morgan fingerprint density at radius 2 is 2.09 bits per heavy atom. The minimum absolute atomic E-state index is 0.377. The predicted octanol–water partition coefficient (Wildman–Crippen LogP) is 1.31. The smallest absolute Gasteiger partial charge is 0.304 e. The molecular formula is C4H3F3N2OS. The number of nitrogens with one attached hydrogen (secondary N) is 2. The van der Waals surface area contributed by atoms with Crippen molar-refractivity contribution in [1.82, 2.24) is 10.2 Å². The molecule has 1 aromatic rings. The van der Waals surface area contributed by atoms with Crippen LogP contribution < -0.4 is 5.56 Å². The predicted molar refractivity (Wildman–Crippen MR) is 33.3 cm³/mol. The third-order valence-corrected chi connectivity index (χ3v) is 1.59. The van der Waals surface area contributed by atoms with Gasteiger partial charge in [-0.15, -0.1) is 0 Å². The molecule has 0 saturated carbocycles. The van der Waals surface area contributed by atoms with Crippen molar-refractivity contribution in [3.63, 3.8) is 0 Å². The number of rotatable bonds is 1. The molecule has 1 heterocycles. The Morgan fingerprint density at radius 1 is 1.45 bits per heavy atom. The maximum atomic E-state index is 11.6. The van der Waals surface area contributed by atoms with Crippen molar-refractivity contribution >= 4 is 11.8 Å². The minimum Gasteiger partial charge on any atom is -0.304 e. The second-order valence-corrected chi connectivity index (χ2v) is 2.76. The molecule has 0 saturated heterocycles. The summed E-state index contributed by atoms with van der Waals surface area (Å²) < 4.78 is 34.8. The molecule has 0 bridgehead atoms. The topological polar surface area (TPSA) is 48.6 Å². The van der Waals surface area contributed by atoms with Crippen LogP contribution in [0.5, 0.6) is 0 Å². The number of aromatic nitrogens is 2. The van der Waals surface area contributed by atoms with Crippen LogP contribution in [0.1, 0.15) is 0 Å². The van der Waals surface area contributed by atoms with Gasteiger partial charge in [-0.1, -0.05) is 0 Å². The molecule has 2 N–H and O–H groups in total. The fourth-order valence-electron chi connectivity index (χ4n) is 0.495. The monoisotopic (exact) mass is 184 g/mol. The first-order chi connectivity index (χ1) is 4.99. The molecule has 0 fully saturated rings. The van der Waals surface area contributed by atoms with Crippen LogP contribution in [0.4, 0.5) is 13.2 Å². The van der Waals surface area contributed by atoms with E-state index in [1.165, 1.54) is 0 Å². The van der Waals surface area contributed by atoms with E-state index in [1.54, 1.807) is 0 Å². The Balaban J connectivity index is 2.80. The van der Waals surface area contributed by atoms with E-state index in [0.29, 0.717) is 0 Å². The van der Waals surface area contributed by atoms with E-state index >= 15 is 0 Å². The fraction of sp³-hybridized carbons (Fsp3) is 0.250. The molecule has 0 atom stereocenters. The molecule has 11 heavy (non-hydrogen) atoms. The highest BCUT2D eigenvalue weighted by Crippen LogP contribution is 2.34. The van der Waals surface area contributed by atoms with E-state index in [4.69, 9.17) is 0 Å². The van der Waals surface area contributed by atoms with Gasteiger partial charge in [-0.2, -0.15) is 13.2 Å². The molecular weight excluding hydrogens is 181 g/mol. The van der Waals surface area contributed by atoms with Crippen LogP contribution >= 0.6 is 11.8 Å². The number of alkyl halides is 3. The Hall–Kier alpha value is -0.850. The van der Waals surface area contributed by atoms with E-state index in [1.807, 2.05) is 5.10 Å². The lowest BCUT2D eigenvalue weighted by atomic mass is 10.7. The van der Waals surface area contributed by atoms with E-state index in [-0.39, 0.29) is 4.90 Å². The first-order valence-electron chi connectivity index (χ1n) is 2.51. The fourth-order valence-corrected chi connectivity index (χ4v) is 1.01. The zero-order valence-corrected chi connectivity index (χ0v) is 5.84. The number of halogens is 3. The number of hydrogen-bond acceptors (Lipinski definition) is 2. The number of thioether (sulfide) groups is 1. The van der Waals surface area contributed by atoms with Crippen LogP contribution in [-0.4, -0.2) is 15.7 Å². The molecule has 3 nitrogen and oxygen atoms in total. The van der Waals surface area contributed by atoms with Crippen LogP contribution in [0.25, 0.3) is 0 Å². The Kier molecular flexibility index (Phi) is 1.99. The van der Waals surface area contributed by atoms with E-state index in [9.17, 15) is 18.0 Å². The summed E-state index contributed by atoms with van der Waals surface area (Å²) >= 11 is -0.441. The average molecular weight is 184 g/mol. The Morgan fingerprint density at radius 3 is 2.45 bits per heavy atom. The van der Waals surface area contributed by atoms with Crippen molar-refractivity contribution in [3.05, 3.63) is 16.6 Å². The highest BCUT2D eigenvalue weighted by Gasteiger charge is 2.30. The quantitative estimate of drug-likeness (QED) is 0.646. The van der Waals surface area contributed by atoms with Crippen molar-refractivity contribution < 1.29 is 13.2 Å². The summed E-state index contributed by atoms with van der Waals surface area (Å²) in [6, 6.07) is 0. The van der Waals surface area contributed by atoms with Crippen molar-refractivity contribution in [2.45, 2.75) is 10.4 Å². The first-order valence-corrected chi connectivity index (χ1v) is 3.32. The zero-order valence-electron chi connectivity index (χ0n) is 5.03. The molecule has 1 aromatic heterocycles. The SMILES string of the molecule is O=c1[nH][nH]cc1SC(F)(F)F. The second-order valence-electron chi connectivity index (χ2n) is 1.65. The van der Waals surface area contributed by atoms with Crippen LogP contribution in [0.2, 0.25) is 0 Å². The lowest BCUT2D eigenvalue weighted by Gasteiger charge is -1.99. The molecule has 7 heteroatoms. The second kappa shape index (κ2) is 2.65. The summed E-state index contributed by atoms with van der Waals surface area (Å²) in [7, 11) is 0. The van der Waals surface area contributed by atoms with Gasteiger partial charge in [0.15, 0.2) is 0 Å². The van der Waals surface area contributed by atoms with Crippen molar-refractivity contribution in [1.29, 1.82) is 0 Å². The highest BCUT2D eigenvalue weighted by atomic mass is 32.2. The number of H-pyrrole nitrogens is 2. The van der Waals surface area contributed by atoms with E-state index < -0.39 is 22.8 Å². The van der Waals surface area contributed by atoms with Crippen LogP contribution in [-0.2, 0) is 0 Å². The van der Waals surface area contributed by atoms with Gasteiger partial charge in [0.25, 0.3) is 5.56 Å². The molecule has 0 radical (unpaired) electrons. The van der Waals surface area contributed by atoms with Gasteiger partial charge < -0.3 is 5.10 Å². The summed E-state index contributed by atoms with van der Waals surface area (Å²) in [4.78, 5) is 10.1. The van der Waals surface area contributed by atoms with Gasteiger partial charge in [-0.3, -0.25) is 9.89 Å². The molecule has 62 valence electrons. The third-order valence-electron chi connectivity index (χ3n) is 0.838. The molecule has 1 rings (SSSR count). The summed E-state index contributed by atoms with van der Waals surface area (Å²) in [5.41, 5.74) is -5.16. The summed E-state index contributed by atoms with van der Waals surface area (Å²) in [6.45, 7) is 0. The van der Waals surface area contributed by atoms with Crippen LogP contribution in [0.3, 0.4) is 0 Å². The van der Waals surface area contributed by atoms with Gasteiger partial charge in [0.2, 0.25) is 0 Å². The summed E-state index contributed by atoms with van der Waals surface area (Å²) in [5, 5.41) is 4.15. The molecule has 0 amide bonds. The molecule has 0 unspecified atom stereocenters. The van der Waals surface area contributed by atoms with Gasteiger partial charge in [-0.25, -0.2) is 0 Å². The molecule has 0 aliphatic rings.